The summed E-state index contributed by atoms with van der Waals surface area (Å²) < 4.78 is 0. The predicted molar refractivity (Wildman–Crippen MR) is 69.8 cm³/mol. The van der Waals surface area contributed by atoms with E-state index in [4.69, 9.17) is 5.84 Å². The van der Waals surface area contributed by atoms with Crippen molar-refractivity contribution in [3.8, 4) is 0 Å². The second kappa shape index (κ2) is 5.88. The summed E-state index contributed by atoms with van der Waals surface area (Å²) in [6, 6.07) is 3.39. The van der Waals surface area contributed by atoms with E-state index >= 15 is 0 Å². The molecule has 92 valence electrons. The Hall–Kier alpha value is -1.27. The van der Waals surface area contributed by atoms with Crippen LogP contribution in [0, 0.1) is 5.92 Å². The van der Waals surface area contributed by atoms with Crippen LogP contribution in [0.3, 0.4) is 0 Å². The van der Waals surface area contributed by atoms with Crippen molar-refractivity contribution in [2.24, 2.45) is 11.8 Å². The summed E-state index contributed by atoms with van der Waals surface area (Å²) in [5.41, 5.74) is 3.59. The molecule has 0 spiro atoms. The minimum absolute atomic E-state index is 0.120. The molecule has 1 fully saturated rings. The first-order chi connectivity index (χ1) is 8.29. The maximum atomic E-state index is 11.8. The lowest BCUT2D eigenvalue weighted by Gasteiger charge is -2.09. The number of nitrogens with zero attached hydrogens (tertiary/aromatic N) is 1. The van der Waals surface area contributed by atoms with E-state index in [0.29, 0.717) is 17.3 Å². The van der Waals surface area contributed by atoms with Gasteiger partial charge in [0.05, 0.1) is 11.9 Å². The van der Waals surface area contributed by atoms with Crippen molar-refractivity contribution in [2.75, 3.05) is 23.5 Å². The van der Waals surface area contributed by atoms with Gasteiger partial charge in [-0.3, -0.25) is 10.6 Å². The van der Waals surface area contributed by atoms with Crippen molar-refractivity contribution < 1.29 is 4.79 Å². The number of nitrogen functional groups attached to an aromatic ring is 1. The second-order valence-corrected chi connectivity index (χ2v) is 5.17. The van der Waals surface area contributed by atoms with Gasteiger partial charge in [0, 0.05) is 6.54 Å². The fourth-order valence-electron chi connectivity index (χ4n) is 1.69. The van der Waals surface area contributed by atoms with Crippen LogP contribution in [0.4, 0.5) is 5.69 Å². The van der Waals surface area contributed by atoms with Crippen LogP contribution >= 0.6 is 11.8 Å². The van der Waals surface area contributed by atoms with Gasteiger partial charge in [-0.25, -0.2) is 4.98 Å². The zero-order chi connectivity index (χ0) is 12.1. The van der Waals surface area contributed by atoms with E-state index < -0.39 is 0 Å². The van der Waals surface area contributed by atoms with Crippen molar-refractivity contribution >= 4 is 23.4 Å². The molecule has 1 aliphatic rings. The maximum absolute atomic E-state index is 11.8. The third-order valence-electron chi connectivity index (χ3n) is 2.74. The standard InChI is InChI=1S/C11H16N4OS/c12-15-9-1-2-10(13-6-9)11(16)14-5-8-3-4-17-7-8/h1-2,6,8,15H,3-5,7,12H2,(H,14,16). The van der Waals surface area contributed by atoms with Gasteiger partial charge in [0.2, 0.25) is 0 Å². The number of anilines is 1. The van der Waals surface area contributed by atoms with E-state index in [0.717, 1.165) is 12.3 Å². The van der Waals surface area contributed by atoms with Gasteiger partial charge in [-0.05, 0) is 36.0 Å². The van der Waals surface area contributed by atoms with Gasteiger partial charge in [-0.1, -0.05) is 0 Å². The molecule has 17 heavy (non-hydrogen) atoms. The van der Waals surface area contributed by atoms with Gasteiger partial charge in [0.15, 0.2) is 0 Å². The minimum Gasteiger partial charge on any atom is -0.350 e. The molecule has 5 nitrogen and oxygen atoms in total. The smallest absolute Gasteiger partial charge is 0.269 e. The Morgan fingerprint density at radius 3 is 3.06 bits per heavy atom. The highest BCUT2D eigenvalue weighted by atomic mass is 32.2. The molecule has 1 unspecified atom stereocenters. The van der Waals surface area contributed by atoms with Crippen molar-refractivity contribution in [3.05, 3.63) is 24.0 Å². The Bertz CT molecular complexity index is 376. The zero-order valence-electron chi connectivity index (χ0n) is 9.48. The Morgan fingerprint density at radius 1 is 1.59 bits per heavy atom. The molecule has 6 heteroatoms. The highest BCUT2D eigenvalue weighted by Crippen LogP contribution is 2.22. The van der Waals surface area contributed by atoms with Crippen LogP contribution in [0.1, 0.15) is 16.9 Å². The lowest BCUT2D eigenvalue weighted by Crippen LogP contribution is -2.29. The molecule has 4 N–H and O–H groups in total. The van der Waals surface area contributed by atoms with E-state index in [1.807, 2.05) is 11.8 Å². The van der Waals surface area contributed by atoms with Crippen molar-refractivity contribution in [1.29, 1.82) is 0 Å². The molecule has 1 atom stereocenters. The Morgan fingerprint density at radius 2 is 2.47 bits per heavy atom. The van der Waals surface area contributed by atoms with Gasteiger partial charge in [-0.15, -0.1) is 0 Å². The molecule has 1 aromatic rings. The number of hydrogen-bond donors (Lipinski definition) is 3. The van der Waals surface area contributed by atoms with Crippen LogP contribution in [0.5, 0.6) is 0 Å². The molecular weight excluding hydrogens is 236 g/mol. The van der Waals surface area contributed by atoms with Crippen LogP contribution in [0.15, 0.2) is 18.3 Å². The molecule has 1 aliphatic heterocycles. The molecule has 2 heterocycles. The first kappa shape index (κ1) is 12.2. The monoisotopic (exact) mass is 252 g/mol. The molecule has 0 radical (unpaired) electrons. The Kier molecular flexibility index (Phi) is 4.22. The summed E-state index contributed by atoms with van der Waals surface area (Å²) in [6.45, 7) is 0.740. The SMILES string of the molecule is NNc1ccc(C(=O)NCC2CCSC2)nc1. The number of nitrogens with two attached hydrogens (primary N) is 1. The number of pyridine rings is 1. The molecule has 0 aromatic carbocycles. The topological polar surface area (TPSA) is 80.0 Å². The quantitative estimate of drug-likeness (QED) is 0.547. The summed E-state index contributed by atoms with van der Waals surface area (Å²) in [5, 5.41) is 2.91. The Balaban J connectivity index is 1.85. The summed E-state index contributed by atoms with van der Waals surface area (Å²) >= 11 is 1.95. The lowest BCUT2D eigenvalue weighted by atomic mass is 10.1. The molecule has 1 aromatic heterocycles. The summed E-state index contributed by atoms with van der Waals surface area (Å²) in [6.07, 6.45) is 2.73. The number of carbonyl (C=O) groups excluding carboxylic acids is 1. The Labute approximate surface area is 105 Å². The van der Waals surface area contributed by atoms with Crippen LogP contribution < -0.4 is 16.6 Å². The molecule has 1 saturated heterocycles. The van der Waals surface area contributed by atoms with Crippen molar-refractivity contribution in [3.63, 3.8) is 0 Å². The summed E-state index contributed by atoms with van der Waals surface area (Å²) in [7, 11) is 0. The highest BCUT2D eigenvalue weighted by Gasteiger charge is 2.16. The molecule has 2 rings (SSSR count). The van der Waals surface area contributed by atoms with Crippen LogP contribution in [0.25, 0.3) is 0 Å². The van der Waals surface area contributed by atoms with Gasteiger partial charge in [0.25, 0.3) is 5.91 Å². The first-order valence-corrected chi connectivity index (χ1v) is 6.73. The van der Waals surface area contributed by atoms with Gasteiger partial charge >= 0.3 is 0 Å². The van der Waals surface area contributed by atoms with Crippen molar-refractivity contribution in [1.82, 2.24) is 10.3 Å². The van der Waals surface area contributed by atoms with Crippen LogP contribution in [-0.4, -0.2) is 28.9 Å². The van der Waals surface area contributed by atoms with Crippen LogP contribution in [0.2, 0.25) is 0 Å². The predicted octanol–water partition coefficient (Wildman–Crippen LogP) is 0.850. The summed E-state index contributed by atoms with van der Waals surface area (Å²) in [5.74, 6) is 8.06. The summed E-state index contributed by atoms with van der Waals surface area (Å²) in [4.78, 5) is 15.8. The van der Waals surface area contributed by atoms with Gasteiger partial charge in [-0.2, -0.15) is 11.8 Å². The molecule has 0 bridgehead atoms. The third-order valence-corrected chi connectivity index (χ3v) is 3.97. The number of nitrogens with one attached hydrogen (secondary N) is 2. The van der Waals surface area contributed by atoms with Crippen molar-refractivity contribution in [2.45, 2.75) is 6.42 Å². The number of carbonyl (C=O) groups is 1. The van der Waals surface area contributed by atoms with E-state index in [9.17, 15) is 4.79 Å². The number of aromatic nitrogens is 1. The fourth-order valence-corrected chi connectivity index (χ4v) is 2.97. The van der Waals surface area contributed by atoms with Crippen LogP contribution in [-0.2, 0) is 0 Å². The first-order valence-electron chi connectivity index (χ1n) is 5.58. The van der Waals surface area contributed by atoms with Gasteiger partial charge in [0.1, 0.15) is 5.69 Å². The highest BCUT2D eigenvalue weighted by molar-refractivity contribution is 7.99. The number of hydrogen-bond acceptors (Lipinski definition) is 5. The zero-order valence-corrected chi connectivity index (χ0v) is 10.3. The van der Waals surface area contributed by atoms with E-state index in [1.54, 1.807) is 18.3 Å². The average Bonchev–Trinajstić information content (AvgIpc) is 2.89. The minimum atomic E-state index is -0.120. The lowest BCUT2D eigenvalue weighted by molar-refractivity contribution is 0.0943. The number of amides is 1. The van der Waals surface area contributed by atoms with E-state index in [-0.39, 0.29) is 5.91 Å². The molecule has 0 aliphatic carbocycles. The van der Waals surface area contributed by atoms with E-state index in [1.165, 1.54) is 12.2 Å². The van der Waals surface area contributed by atoms with E-state index in [2.05, 4.69) is 15.7 Å². The maximum Gasteiger partial charge on any atom is 0.269 e. The average molecular weight is 252 g/mol. The number of thioether (sulfide) groups is 1. The third kappa shape index (κ3) is 3.34. The number of hydrazine groups is 1. The molecular formula is C11H16N4OS. The second-order valence-electron chi connectivity index (χ2n) is 4.02. The number of rotatable bonds is 4. The molecule has 1 amide bonds. The normalized spacial score (nSPS) is 19.0. The molecule has 0 saturated carbocycles. The fraction of sp³-hybridized carbons (Fsp3) is 0.455. The largest absolute Gasteiger partial charge is 0.350 e. The van der Waals surface area contributed by atoms with Gasteiger partial charge < -0.3 is 10.7 Å².